The van der Waals surface area contributed by atoms with Crippen molar-refractivity contribution in [2.75, 3.05) is 6.61 Å². The largest absolute Gasteiger partial charge is 0.490 e. The first-order chi connectivity index (χ1) is 10.2. The smallest absolute Gasteiger partial charge is 0.213 e. The first kappa shape index (κ1) is 15.3. The van der Waals surface area contributed by atoms with Crippen LogP contribution in [0.15, 0.2) is 29.1 Å². The average Bonchev–Trinajstić information content (AvgIpc) is 2.97. The minimum absolute atomic E-state index is 0.250. The van der Waals surface area contributed by atoms with E-state index in [4.69, 9.17) is 9.47 Å². The van der Waals surface area contributed by atoms with Crippen molar-refractivity contribution in [2.24, 2.45) is 0 Å². The molecule has 0 saturated carbocycles. The van der Waals surface area contributed by atoms with Gasteiger partial charge in [0.05, 0.1) is 6.61 Å². The highest BCUT2D eigenvalue weighted by molar-refractivity contribution is 5.43. The standard InChI is InChI=1S/C15H21N3O3/c1-4-19-14-7-12(8-16-11(2)3)5-6-13(14)20-9-15-17-10-21-18-15/h5-7,10-11,16H,4,8-9H2,1-3H3. The van der Waals surface area contributed by atoms with E-state index in [9.17, 15) is 0 Å². The maximum atomic E-state index is 5.68. The van der Waals surface area contributed by atoms with E-state index in [1.165, 1.54) is 6.39 Å². The van der Waals surface area contributed by atoms with Gasteiger partial charge >= 0.3 is 0 Å². The highest BCUT2D eigenvalue weighted by Gasteiger charge is 2.08. The summed E-state index contributed by atoms with van der Waals surface area (Å²) >= 11 is 0. The van der Waals surface area contributed by atoms with Crippen LogP contribution in [0.2, 0.25) is 0 Å². The van der Waals surface area contributed by atoms with Gasteiger partial charge in [-0.3, -0.25) is 0 Å². The van der Waals surface area contributed by atoms with E-state index in [-0.39, 0.29) is 6.61 Å². The van der Waals surface area contributed by atoms with Crippen LogP contribution < -0.4 is 14.8 Å². The molecule has 2 aromatic rings. The molecule has 0 spiro atoms. The molecule has 1 heterocycles. The Hall–Kier alpha value is -2.08. The molecule has 0 aliphatic carbocycles. The number of aromatic nitrogens is 2. The van der Waals surface area contributed by atoms with Gasteiger partial charge in [0.15, 0.2) is 18.1 Å². The second kappa shape index (κ2) is 7.64. The summed E-state index contributed by atoms with van der Waals surface area (Å²) in [5, 5.41) is 7.09. The molecule has 0 atom stereocenters. The summed E-state index contributed by atoms with van der Waals surface area (Å²) in [6, 6.07) is 6.35. The van der Waals surface area contributed by atoms with Crippen molar-refractivity contribution in [1.82, 2.24) is 15.5 Å². The van der Waals surface area contributed by atoms with Crippen molar-refractivity contribution < 1.29 is 14.0 Å². The van der Waals surface area contributed by atoms with Gasteiger partial charge in [-0.15, -0.1) is 0 Å². The molecule has 114 valence electrons. The fourth-order valence-corrected chi connectivity index (χ4v) is 1.77. The maximum absolute atomic E-state index is 5.68. The van der Waals surface area contributed by atoms with E-state index in [1.54, 1.807) is 0 Å². The molecular weight excluding hydrogens is 270 g/mol. The van der Waals surface area contributed by atoms with Gasteiger partial charge in [-0.1, -0.05) is 25.1 Å². The number of hydrogen-bond donors (Lipinski definition) is 1. The van der Waals surface area contributed by atoms with E-state index in [0.717, 1.165) is 17.9 Å². The molecule has 1 N–H and O–H groups in total. The Balaban J connectivity index is 2.04. The third-order valence-corrected chi connectivity index (χ3v) is 2.79. The minimum Gasteiger partial charge on any atom is -0.490 e. The summed E-state index contributed by atoms with van der Waals surface area (Å²) < 4.78 is 16.0. The summed E-state index contributed by atoms with van der Waals surface area (Å²) in [6.07, 6.45) is 1.28. The Bertz CT molecular complexity index is 541. The molecule has 21 heavy (non-hydrogen) atoms. The number of hydrogen-bond acceptors (Lipinski definition) is 6. The van der Waals surface area contributed by atoms with Crippen LogP contribution >= 0.6 is 0 Å². The molecule has 0 aliphatic heterocycles. The molecule has 0 amide bonds. The van der Waals surface area contributed by atoms with E-state index in [0.29, 0.717) is 24.2 Å². The molecule has 1 aromatic carbocycles. The first-order valence-electron chi connectivity index (χ1n) is 7.06. The van der Waals surface area contributed by atoms with Crippen LogP contribution in [0.25, 0.3) is 0 Å². The Morgan fingerprint density at radius 3 is 2.76 bits per heavy atom. The predicted octanol–water partition coefficient (Wildman–Crippen LogP) is 2.55. The molecule has 6 heteroatoms. The van der Waals surface area contributed by atoms with Gasteiger partial charge in [-0.2, -0.15) is 4.98 Å². The number of nitrogens with zero attached hydrogens (tertiary/aromatic N) is 2. The molecule has 1 aromatic heterocycles. The zero-order valence-electron chi connectivity index (χ0n) is 12.6. The fraction of sp³-hybridized carbons (Fsp3) is 0.467. The van der Waals surface area contributed by atoms with Gasteiger partial charge in [0, 0.05) is 12.6 Å². The second-order valence-electron chi connectivity index (χ2n) is 4.89. The molecule has 0 unspecified atom stereocenters. The number of nitrogens with one attached hydrogen (secondary N) is 1. The fourth-order valence-electron chi connectivity index (χ4n) is 1.77. The van der Waals surface area contributed by atoms with Crippen molar-refractivity contribution in [1.29, 1.82) is 0 Å². The molecular formula is C15H21N3O3. The molecule has 0 aliphatic rings. The molecule has 2 rings (SSSR count). The van der Waals surface area contributed by atoms with Gasteiger partial charge < -0.3 is 19.3 Å². The first-order valence-corrected chi connectivity index (χ1v) is 7.06. The Labute approximate surface area is 124 Å². The Morgan fingerprint density at radius 2 is 2.10 bits per heavy atom. The van der Waals surface area contributed by atoms with Gasteiger partial charge in [0.1, 0.15) is 0 Å². The van der Waals surface area contributed by atoms with Crippen LogP contribution in [-0.4, -0.2) is 22.8 Å². The minimum atomic E-state index is 0.250. The highest BCUT2D eigenvalue weighted by Crippen LogP contribution is 2.29. The summed E-state index contributed by atoms with van der Waals surface area (Å²) in [7, 11) is 0. The van der Waals surface area contributed by atoms with E-state index >= 15 is 0 Å². The Morgan fingerprint density at radius 1 is 1.24 bits per heavy atom. The van der Waals surface area contributed by atoms with E-state index < -0.39 is 0 Å². The number of ether oxygens (including phenoxy) is 2. The molecule has 0 radical (unpaired) electrons. The van der Waals surface area contributed by atoms with Crippen molar-refractivity contribution in [3.8, 4) is 11.5 Å². The van der Waals surface area contributed by atoms with Crippen molar-refractivity contribution in [3.05, 3.63) is 36.0 Å². The lowest BCUT2D eigenvalue weighted by atomic mass is 10.2. The maximum Gasteiger partial charge on any atom is 0.213 e. The third kappa shape index (κ3) is 4.75. The summed E-state index contributed by atoms with van der Waals surface area (Å²) in [6.45, 7) is 7.81. The molecule has 6 nitrogen and oxygen atoms in total. The molecule has 0 saturated heterocycles. The average molecular weight is 291 g/mol. The van der Waals surface area contributed by atoms with Gasteiger partial charge in [-0.25, -0.2) is 0 Å². The zero-order valence-corrected chi connectivity index (χ0v) is 12.6. The van der Waals surface area contributed by atoms with Gasteiger partial charge in [-0.05, 0) is 24.6 Å². The normalized spacial score (nSPS) is 10.9. The van der Waals surface area contributed by atoms with Crippen molar-refractivity contribution in [2.45, 2.75) is 40.0 Å². The third-order valence-electron chi connectivity index (χ3n) is 2.79. The quantitative estimate of drug-likeness (QED) is 0.806. The van der Waals surface area contributed by atoms with Crippen molar-refractivity contribution >= 4 is 0 Å². The number of rotatable bonds is 8. The number of benzene rings is 1. The second-order valence-corrected chi connectivity index (χ2v) is 4.89. The summed E-state index contributed by atoms with van der Waals surface area (Å²) in [4.78, 5) is 3.92. The topological polar surface area (TPSA) is 69.4 Å². The molecule has 0 fully saturated rings. The monoisotopic (exact) mass is 291 g/mol. The van der Waals surface area contributed by atoms with Crippen molar-refractivity contribution in [3.63, 3.8) is 0 Å². The summed E-state index contributed by atoms with van der Waals surface area (Å²) in [5.41, 5.74) is 1.15. The van der Waals surface area contributed by atoms with Gasteiger partial charge in [0.25, 0.3) is 0 Å². The highest BCUT2D eigenvalue weighted by atomic mass is 16.5. The van der Waals surface area contributed by atoms with E-state index in [2.05, 4.69) is 33.8 Å². The summed E-state index contributed by atoms with van der Waals surface area (Å²) in [5.74, 6) is 1.90. The molecule has 0 bridgehead atoms. The SMILES string of the molecule is CCOc1cc(CNC(C)C)ccc1OCc1ncon1. The van der Waals surface area contributed by atoms with Gasteiger partial charge in [0.2, 0.25) is 12.2 Å². The lowest BCUT2D eigenvalue weighted by molar-refractivity contribution is 0.258. The van der Waals surface area contributed by atoms with Crippen LogP contribution in [0.4, 0.5) is 0 Å². The Kier molecular flexibility index (Phi) is 5.57. The lowest BCUT2D eigenvalue weighted by Gasteiger charge is -2.14. The lowest BCUT2D eigenvalue weighted by Crippen LogP contribution is -2.21. The van der Waals surface area contributed by atoms with Crippen LogP contribution in [0.1, 0.15) is 32.2 Å². The van der Waals surface area contributed by atoms with E-state index in [1.807, 2.05) is 25.1 Å². The van der Waals surface area contributed by atoms with Crippen LogP contribution in [0, 0.1) is 0 Å². The van der Waals surface area contributed by atoms with Crippen LogP contribution in [0.5, 0.6) is 11.5 Å². The zero-order chi connectivity index (χ0) is 15.1. The van der Waals surface area contributed by atoms with Crippen LogP contribution in [0.3, 0.4) is 0 Å². The predicted molar refractivity (Wildman–Crippen MR) is 78.2 cm³/mol. The van der Waals surface area contributed by atoms with Crippen LogP contribution in [-0.2, 0) is 13.2 Å².